The van der Waals surface area contributed by atoms with Crippen LogP contribution in [0.15, 0.2) is 72.1 Å². The van der Waals surface area contributed by atoms with E-state index >= 15 is 0 Å². The van der Waals surface area contributed by atoms with Crippen LogP contribution in [0.5, 0.6) is 0 Å². The molecule has 28 heavy (non-hydrogen) atoms. The lowest BCUT2D eigenvalue weighted by molar-refractivity contribution is -0.115. The highest BCUT2D eigenvalue weighted by Gasteiger charge is 2.33. The van der Waals surface area contributed by atoms with Crippen molar-refractivity contribution in [3.05, 3.63) is 78.4 Å². The zero-order valence-electron chi connectivity index (χ0n) is 15.9. The van der Waals surface area contributed by atoms with Crippen molar-refractivity contribution in [1.29, 1.82) is 0 Å². The largest absolute Gasteiger partial charge is 0.341 e. The molecule has 0 aliphatic carbocycles. The summed E-state index contributed by atoms with van der Waals surface area (Å²) in [5.41, 5.74) is 2.59. The lowest BCUT2D eigenvalue weighted by Crippen LogP contribution is -2.33. The number of hydrazone groups is 1. The molecule has 7 heteroatoms. The van der Waals surface area contributed by atoms with E-state index in [1.807, 2.05) is 67.5 Å². The molecule has 4 rings (SSSR count). The van der Waals surface area contributed by atoms with E-state index in [1.54, 1.807) is 10.9 Å². The standard InChI is InChI=1S/C21H22N6O/c1-15(20-24-22-14-26(20)2)23-21(28)18-13-19(16-9-5-3-6-10-16)27(25-18)17-11-7-4-8-12-17/h3-12,14-15,19H,13H2,1-2H3,(H,23,28)/t15-,19-/m1/s1. The molecule has 1 aromatic heterocycles. The number of aromatic nitrogens is 3. The first-order chi connectivity index (χ1) is 13.6. The second kappa shape index (κ2) is 7.64. The predicted octanol–water partition coefficient (Wildman–Crippen LogP) is 3.00. The molecule has 0 saturated carbocycles. The molecule has 2 aromatic carbocycles. The Morgan fingerprint density at radius 3 is 2.43 bits per heavy atom. The number of amides is 1. The highest BCUT2D eigenvalue weighted by molar-refractivity contribution is 6.39. The van der Waals surface area contributed by atoms with Crippen molar-refractivity contribution in [3.63, 3.8) is 0 Å². The minimum absolute atomic E-state index is 0.0190. The van der Waals surface area contributed by atoms with Gasteiger partial charge in [-0.2, -0.15) is 5.10 Å². The van der Waals surface area contributed by atoms with Crippen molar-refractivity contribution in [3.8, 4) is 0 Å². The zero-order valence-corrected chi connectivity index (χ0v) is 15.9. The molecule has 1 aliphatic heterocycles. The second-order valence-electron chi connectivity index (χ2n) is 6.85. The summed E-state index contributed by atoms with van der Waals surface area (Å²) in [7, 11) is 1.85. The van der Waals surface area contributed by atoms with Crippen LogP contribution in [0.25, 0.3) is 0 Å². The van der Waals surface area contributed by atoms with Gasteiger partial charge >= 0.3 is 0 Å². The van der Waals surface area contributed by atoms with Gasteiger partial charge in [0.2, 0.25) is 0 Å². The van der Waals surface area contributed by atoms with Gasteiger partial charge in [0.15, 0.2) is 5.82 Å². The highest BCUT2D eigenvalue weighted by Crippen LogP contribution is 2.35. The van der Waals surface area contributed by atoms with E-state index in [4.69, 9.17) is 0 Å². The van der Waals surface area contributed by atoms with Crippen LogP contribution in [-0.4, -0.2) is 26.4 Å². The molecular formula is C21H22N6O. The lowest BCUT2D eigenvalue weighted by atomic mass is 10.0. The highest BCUT2D eigenvalue weighted by atomic mass is 16.2. The van der Waals surface area contributed by atoms with E-state index in [-0.39, 0.29) is 18.0 Å². The maximum absolute atomic E-state index is 12.9. The normalized spacial score (nSPS) is 17.3. The molecule has 2 atom stereocenters. The molecule has 1 N–H and O–H groups in total. The molecule has 2 heterocycles. The van der Waals surface area contributed by atoms with Crippen LogP contribution in [0.1, 0.15) is 36.8 Å². The molecule has 0 saturated heterocycles. The Morgan fingerprint density at radius 1 is 1.11 bits per heavy atom. The van der Waals surface area contributed by atoms with Crippen molar-refractivity contribution >= 4 is 17.3 Å². The summed E-state index contributed by atoms with van der Waals surface area (Å²) in [4.78, 5) is 12.9. The smallest absolute Gasteiger partial charge is 0.268 e. The molecule has 0 radical (unpaired) electrons. The van der Waals surface area contributed by atoms with Crippen LogP contribution < -0.4 is 10.3 Å². The van der Waals surface area contributed by atoms with Crippen molar-refractivity contribution in [2.24, 2.45) is 12.1 Å². The van der Waals surface area contributed by atoms with Gasteiger partial charge in [-0.25, -0.2) is 0 Å². The van der Waals surface area contributed by atoms with Gasteiger partial charge in [0.25, 0.3) is 5.91 Å². The Hall–Kier alpha value is -3.48. The average molecular weight is 374 g/mol. The van der Waals surface area contributed by atoms with Gasteiger partial charge in [0.1, 0.15) is 12.0 Å². The molecule has 0 unspecified atom stereocenters. The second-order valence-corrected chi connectivity index (χ2v) is 6.85. The van der Waals surface area contributed by atoms with Gasteiger partial charge in [0, 0.05) is 13.5 Å². The Bertz CT molecular complexity index is 982. The number of anilines is 1. The fourth-order valence-corrected chi connectivity index (χ4v) is 3.43. The summed E-state index contributed by atoms with van der Waals surface area (Å²) < 4.78 is 1.80. The number of para-hydroxylation sites is 1. The Labute approximate surface area is 163 Å². The number of benzene rings is 2. The number of nitrogens with zero attached hydrogens (tertiary/aromatic N) is 5. The Morgan fingerprint density at radius 2 is 1.79 bits per heavy atom. The third kappa shape index (κ3) is 3.51. The van der Waals surface area contributed by atoms with Crippen LogP contribution in [-0.2, 0) is 11.8 Å². The van der Waals surface area contributed by atoms with Gasteiger partial charge in [-0.3, -0.25) is 9.80 Å². The average Bonchev–Trinajstić information content (AvgIpc) is 3.36. The maximum atomic E-state index is 12.9. The molecule has 1 aliphatic rings. The first-order valence-corrected chi connectivity index (χ1v) is 9.25. The van der Waals surface area contributed by atoms with Crippen LogP contribution in [0.3, 0.4) is 0 Å². The summed E-state index contributed by atoms with van der Waals surface area (Å²) in [5, 5.41) is 17.5. The molecule has 0 fully saturated rings. The van der Waals surface area contributed by atoms with E-state index in [1.165, 1.54) is 0 Å². The molecular weight excluding hydrogens is 352 g/mol. The first-order valence-electron chi connectivity index (χ1n) is 9.25. The maximum Gasteiger partial charge on any atom is 0.268 e. The van der Waals surface area contributed by atoms with Gasteiger partial charge < -0.3 is 9.88 Å². The molecule has 0 spiro atoms. The van der Waals surface area contributed by atoms with Gasteiger partial charge in [-0.05, 0) is 24.6 Å². The summed E-state index contributed by atoms with van der Waals surface area (Å²) >= 11 is 0. The number of rotatable bonds is 5. The van der Waals surface area contributed by atoms with Crippen molar-refractivity contribution in [2.45, 2.75) is 25.4 Å². The van der Waals surface area contributed by atoms with Crippen LogP contribution in [0.4, 0.5) is 5.69 Å². The fraction of sp³-hybridized carbons (Fsp3) is 0.238. The third-order valence-electron chi connectivity index (χ3n) is 4.86. The summed E-state index contributed by atoms with van der Waals surface area (Å²) in [5.74, 6) is 0.515. The van der Waals surface area contributed by atoms with Gasteiger partial charge in [-0.15, -0.1) is 10.2 Å². The number of carbonyl (C=O) groups is 1. The van der Waals surface area contributed by atoms with E-state index in [0.717, 1.165) is 11.3 Å². The number of nitrogens with one attached hydrogen (secondary N) is 1. The number of hydrogen-bond acceptors (Lipinski definition) is 5. The minimum Gasteiger partial charge on any atom is -0.341 e. The van der Waals surface area contributed by atoms with Crippen LogP contribution in [0, 0.1) is 0 Å². The Balaban J connectivity index is 1.58. The quantitative estimate of drug-likeness (QED) is 0.745. The van der Waals surface area contributed by atoms with E-state index in [0.29, 0.717) is 18.0 Å². The zero-order chi connectivity index (χ0) is 19.5. The first kappa shape index (κ1) is 17.9. The number of aryl methyl sites for hydroxylation is 1. The van der Waals surface area contributed by atoms with E-state index < -0.39 is 0 Å². The molecule has 7 nitrogen and oxygen atoms in total. The molecule has 3 aromatic rings. The van der Waals surface area contributed by atoms with Crippen molar-refractivity contribution < 1.29 is 4.79 Å². The van der Waals surface area contributed by atoms with E-state index in [2.05, 4.69) is 32.7 Å². The van der Waals surface area contributed by atoms with Crippen molar-refractivity contribution in [1.82, 2.24) is 20.1 Å². The molecule has 0 bridgehead atoms. The number of carbonyl (C=O) groups excluding carboxylic acids is 1. The summed E-state index contributed by atoms with van der Waals surface area (Å²) in [6.07, 6.45) is 2.16. The topological polar surface area (TPSA) is 75.4 Å². The monoisotopic (exact) mass is 374 g/mol. The fourth-order valence-electron chi connectivity index (χ4n) is 3.43. The summed E-state index contributed by atoms with van der Waals surface area (Å²) in [6, 6.07) is 19.8. The predicted molar refractivity (Wildman–Crippen MR) is 108 cm³/mol. The molecule has 142 valence electrons. The van der Waals surface area contributed by atoms with E-state index in [9.17, 15) is 4.79 Å². The minimum atomic E-state index is -0.261. The SMILES string of the molecule is C[C@@H](NC(=O)C1=NN(c2ccccc2)[C@@H](c2ccccc2)C1)c1nncn1C. The van der Waals surface area contributed by atoms with Gasteiger partial charge in [0.05, 0.1) is 17.8 Å². The summed E-state index contributed by atoms with van der Waals surface area (Å²) in [6.45, 7) is 1.89. The lowest BCUT2D eigenvalue weighted by Gasteiger charge is -2.23. The number of hydrogen-bond donors (Lipinski definition) is 1. The van der Waals surface area contributed by atoms with Gasteiger partial charge in [-0.1, -0.05) is 48.5 Å². The molecule has 1 amide bonds. The third-order valence-corrected chi connectivity index (χ3v) is 4.86. The Kier molecular flexibility index (Phi) is 4.89. The van der Waals surface area contributed by atoms with Crippen LogP contribution >= 0.6 is 0 Å². The van der Waals surface area contributed by atoms with Crippen LogP contribution in [0.2, 0.25) is 0 Å². The van der Waals surface area contributed by atoms with Crippen molar-refractivity contribution in [2.75, 3.05) is 5.01 Å².